The molecule has 1 fully saturated rings. The van der Waals surface area contributed by atoms with Crippen LogP contribution in [0.15, 0.2) is 4.42 Å². The molecule has 1 unspecified atom stereocenters. The van der Waals surface area contributed by atoms with Crippen molar-refractivity contribution < 1.29 is 18.7 Å². The highest BCUT2D eigenvalue weighted by atomic mass is 16.5. The first-order valence-corrected chi connectivity index (χ1v) is 8.20. The fraction of sp³-hybridized carbons (Fsp3) is 0.588. The van der Waals surface area contributed by atoms with E-state index in [0.29, 0.717) is 37.5 Å². The third-order valence-corrected chi connectivity index (χ3v) is 4.60. The zero-order valence-electron chi connectivity index (χ0n) is 15.1. The maximum Gasteiger partial charge on any atom is 0.248 e. The average Bonchev–Trinajstić information content (AvgIpc) is 2.87. The molecule has 1 aromatic rings. The molecular formula is C17H24N4O4. The molecule has 1 aromatic heterocycles. The Morgan fingerprint density at radius 1 is 1.32 bits per heavy atom. The highest BCUT2D eigenvalue weighted by Crippen LogP contribution is 2.25. The third-order valence-electron chi connectivity index (χ3n) is 4.60. The molecule has 1 N–H and O–H groups in total. The van der Waals surface area contributed by atoms with Crippen LogP contribution in [0.2, 0.25) is 0 Å². The zero-order valence-corrected chi connectivity index (χ0v) is 15.1. The van der Waals surface area contributed by atoms with Gasteiger partial charge in [0, 0.05) is 38.9 Å². The number of furan rings is 1. The van der Waals surface area contributed by atoms with Crippen molar-refractivity contribution in [2.24, 2.45) is 0 Å². The molecular weight excluding hydrogens is 324 g/mol. The number of carbonyl (C=O) groups is 2. The van der Waals surface area contributed by atoms with Gasteiger partial charge in [-0.15, -0.1) is 0 Å². The molecule has 2 amide bonds. The summed E-state index contributed by atoms with van der Waals surface area (Å²) in [6, 6.07) is 1.67. The van der Waals surface area contributed by atoms with E-state index in [1.54, 1.807) is 25.7 Å². The van der Waals surface area contributed by atoms with E-state index >= 15 is 0 Å². The quantitative estimate of drug-likeness (QED) is 0.848. The van der Waals surface area contributed by atoms with Crippen LogP contribution in [-0.2, 0) is 14.3 Å². The third kappa shape index (κ3) is 4.18. The predicted octanol–water partition coefficient (Wildman–Crippen LogP) is 0.886. The normalized spacial score (nSPS) is 16.4. The Morgan fingerprint density at radius 2 is 1.96 bits per heavy atom. The van der Waals surface area contributed by atoms with Crippen molar-refractivity contribution in [3.05, 3.63) is 16.9 Å². The van der Waals surface area contributed by atoms with E-state index in [-0.39, 0.29) is 24.3 Å². The number of ether oxygens (including phenoxy) is 1. The second-order valence-electron chi connectivity index (χ2n) is 6.11. The molecule has 1 aliphatic heterocycles. The second kappa shape index (κ2) is 8.14. The SMILES string of the molecule is COCC(=O)N1CCN(C(C)C(=O)Nc2oc(C)c(C)c2C#N)CC1. The molecule has 8 heteroatoms. The fourth-order valence-corrected chi connectivity index (χ4v) is 2.81. The Bertz CT molecular complexity index is 684. The minimum Gasteiger partial charge on any atom is -0.444 e. The zero-order chi connectivity index (χ0) is 18.6. The number of amides is 2. The molecule has 1 saturated heterocycles. The van der Waals surface area contributed by atoms with Crippen molar-refractivity contribution in [1.82, 2.24) is 9.80 Å². The fourth-order valence-electron chi connectivity index (χ4n) is 2.81. The first-order chi connectivity index (χ1) is 11.9. The Hall–Kier alpha value is -2.37. The van der Waals surface area contributed by atoms with Crippen molar-refractivity contribution in [3.8, 4) is 6.07 Å². The molecule has 0 bridgehead atoms. The van der Waals surface area contributed by atoms with E-state index in [0.717, 1.165) is 5.56 Å². The number of hydrogen-bond donors (Lipinski definition) is 1. The summed E-state index contributed by atoms with van der Waals surface area (Å²) in [6.07, 6.45) is 0. The number of nitrogens with one attached hydrogen (secondary N) is 1. The van der Waals surface area contributed by atoms with E-state index in [9.17, 15) is 14.9 Å². The van der Waals surface area contributed by atoms with E-state index in [4.69, 9.17) is 9.15 Å². The number of anilines is 1. The molecule has 1 atom stereocenters. The number of nitrogens with zero attached hydrogens (tertiary/aromatic N) is 3. The smallest absolute Gasteiger partial charge is 0.248 e. The Kier molecular flexibility index (Phi) is 6.17. The first-order valence-electron chi connectivity index (χ1n) is 8.20. The summed E-state index contributed by atoms with van der Waals surface area (Å²) in [7, 11) is 1.49. The van der Waals surface area contributed by atoms with Gasteiger partial charge in [0.25, 0.3) is 0 Å². The number of rotatable bonds is 5. The number of nitriles is 1. The lowest BCUT2D eigenvalue weighted by atomic mass is 10.1. The van der Waals surface area contributed by atoms with Gasteiger partial charge in [0.15, 0.2) is 0 Å². The topological polar surface area (TPSA) is 98.8 Å². The summed E-state index contributed by atoms with van der Waals surface area (Å²) >= 11 is 0. The van der Waals surface area contributed by atoms with Gasteiger partial charge in [0.05, 0.1) is 6.04 Å². The molecule has 136 valence electrons. The van der Waals surface area contributed by atoms with Crippen molar-refractivity contribution >= 4 is 17.7 Å². The number of methoxy groups -OCH3 is 1. The summed E-state index contributed by atoms with van der Waals surface area (Å²) in [4.78, 5) is 28.0. The molecule has 25 heavy (non-hydrogen) atoms. The van der Waals surface area contributed by atoms with E-state index in [1.807, 2.05) is 4.90 Å². The van der Waals surface area contributed by atoms with Gasteiger partial charge in [-0.1, -0.05) is 0 Å². The Labute approximate surface area is 147 Å². The van der Waals surface area contributed by atoms with Crippen molar-refractivity contribution in [3.63, 3.8) is 0 Å². The van der Waals surface area contributed by atoms with E-state index in [2.05, 4.69) is 11.4 Å². The molecule has 2 rings (SSSR count). The first kappa shape index (κ1) is 19.0. The molecule has 0 radical (unpaired) electrons. The van der Waals surface area contributed by atoms with Gasteiger partial charge >= 0.3 is 0 Å². The molecule has 2 heterocycles. The van der Waals surface area contributed by atoms with Crippen molar-refractivity contribution in [1.29, 1.82) is 5.26 Å². The van der Waals surface area contributed by atoms with Crippen LogP contribution in [0.25, 0.3) is 0 Å². The number of hydrogen-bond acceptors (Lipinski definition) is 6. The summed E-state index contributed by atoms with van der Waals surface area (Å²) in [5.41, 5.74) is 1.09. The van der Waals surface area contributed by atoms with Crippen LogP contribution >= 0.6 is 0 Å². The monoisotopic (exact) mass is 348 g/mol. The van der Waals surface area contributed by atoms with Gasteiger partial charge in [-0.05, 0) is 20.8 Å². The lowest BCUT2D eigenvalue weighted by Crippen LogP contribution is -2.54. The summed E-state index contributed by atoms with van der Waals surface area (Å²) in [5, 5.41) is 11.9. The Morgan fingerprint density at radius 3 is 2.52 bits per heavy atom. The van der Waals surface area contributed by atoms with Crippen LogP contribution < -0.4 is 5.32 Å². The van der Waals surface area contributed by atoms with E-state index in [1.165, 1.54) is 7.11 Å². The van der Waals surface area contributed by atoms with Gasteiger partial charge in [0.1, 0.15) is 24.0 Å². The van der Waals surface area contributed by atoms with Crippen LogP contribution in [0.5, 0.6) is 0 Å². The van der Waals surface area contributed by atoms with Gasteiger partial charge in [-0.25, -0.2) is 0 Å². The van der Waals surface area contributed by atoms with Gasteiger partial charge < -0.3 is 14.1 Å². The molecule has 0 aromatic carbocycles. The summed E-state index contributed by atoms with van der Waals surface area (Å²) in [6.45, 7) is 7.74. The predicted molar refractivity (Wildman–Crippen MR) is 91.0 cm³/mol. The lowest BCUT2D eigenvalue weighted by molar-refractivity contribution is -0.137. The minimum absolute atomic E-state index is 0.0422. The van der Waals surface area contributed by atoms with E-state index < -0.39 is 6.04 Å². The van der Waals surface area contributed by atoms with Crippen LogP contribution in [0.4, 0.5) is 5.88 Å². The van der Waals surface area contributed by atoms with Crippen molar-refractivity contribution in [2.75, 3.05) is 45.2 Å². The van der Waals surface area contributed by atoms with Crippen LogP contribution in [0.1, 0.15) is 23.8 Å². The molecule has 8 nitrogen and oxygen atoms in total. The largest absolute Gasteiger partial charge is 0.444 e. The van der Waals surface area contributed by atoms with Crippen LogP contribution in [0, 0.1) is 25.2 Å². The number of aryl methyl sites for hydroxylation is 1. The van der Waals surface area contributed by atoms with Crippen molar-refractivity contribution in [2.45, 2.75) is 26.8 Å². The second-order valence-corrected chi connectivity index (χ2v) is 6.11. The number of carbonyl (C=O) groups excluding carboxylic acids is 2. The molecule has 0 saturated carbocycles. The summed E-state index contributed by atoms with van der Waals surface area (Å²) < 4.78 is 10.3. The van der Waals surface area contributed by atoms with Crippen LogP contribution in [0.3, 0.4) is 0 Å². The van der Waals surface area contributed by atoms with Gasteiger partial charge in [-0.3, -0.25) is 19.8 Å². The molecule has 1 aliphatic rings. The number of piperazine rings is 1. The van der Waals surface area contributed by atoms with Gasteiger partial charge in [-0.2, -0.15) is 5.26 Å². The Balaban J connectivity index is 1.95. The molecule has 0 aliphatic carbocycles. The standard InChI is InChI=1S/C17H24N4O4/c1-11-13(3)25-17(14(11)9-18)19-16(23)12(2)20-5-7-21(8-6-20)15(22)10-24-4/h12H,5-8,10H2,1-4H3,(H,19,23). The molecule has 0 spiro atoms. The highest BCUT2D eigenvalue weighted by molar-refractivity contribution is 5.94. The van der Waals surface area contributed by atoms with Gasteiger partial charge in [0.2, 0.25) is 17.7 Å². The highest BCUT2D eigenvalue weighted by Gasteiger charge is 2.28. The lowest BCUT2D eigenvalue weighted by Gasteiger charge is -2.37. The maximum absolute atomic E-state index is 12.5. The summed E-state index contributed by atoms with van der Waals surface area (Å²) in [5.74, 6) is 0.536. The maximum atomic E-state index is 12.5. The van der Waals surface area contributed by atoms with Crippen LogP contribution in [-0.4, -0.2) is 67.6 Å². The minimum atomic E-state index is -0.392. The average molecular weight is 348 g/mol.